The van der Waals surface area contributed by atoms with Crippen molar-refractivity contribution < 1.29 is 9.32 Å². The minimum atomic E-state index is -0.313. The van der Waals surface area contributed by atoms with Crippen molar-refractivity contribution in [2.24, 2.45) is 0 Å². The Morgan fingerprint density at radius 2 is 2.28 bits per heavy atom. The number of nitrogens with zero attached hydrogens (tertiary/aromatic N) is 3. The van der Waals surface area contributed by atoms with Crippen molar-refractivity contribution in [3.63, 3.8) is 0 Å². The first-order valence-electron chi connectivity index (χ1n) is 5.41. The molecule has 0 atom stereocenters. The summed E-state index contributed by atoms with van der Waals surface area (Å²) in [4.78, 5) is 11.9. The normalized spacial score (nSPS) is 10.7. The Bertz CT molecular complexity index is 681. The van der Waals surface area contributed by atoms with E-state index in [1.807, 2.05) is 18.2 Å². The van der Waals surface area contributed by atoms with Gasteiger partial charge in [0.2, 0.25) is 0 Å². The third-order valence-electron chi connectivity index (χ3n) is 2.47. The van der Waals surface area contributed by atoms with E-state index in [0.717, 1.165) is 5.52 Å². The van der Waals surface area contributed by atoms with Crippen LogP contribution >= 0.6 is 0 Å². The zero-order chi connectivity index (χ0) is 12.5. The molecule has 0 aliphatic rings. The van der Waals surface area contributed by atoms with E-state index in [4.69, 9.17) is 4.52 Å². The van der Waals surface area contributed by atoms with Crippen molar-refractivity contribution in [2.75, 3.05) is 5.32 Å². The second-order valence-electron chi connectivity index (χ2n) is 3.88. The van der Waals surface area contributed by atoms with E-state index >= 15 is 0 Å². The number of pyridine rings is 1. The molecular formula is C12H10N4O2. The van der Waals surface area contributed by atoms with Crippen LogP contribution in [0.3, 0.4) is 0 Å². The van der Waals surface area contributed by atoms with Crippen molar-refractivity contribution in [1.82, 2.24) is 14.8 Å². The minimum Gasteiger partial charge on any atom is -0.360 e. The summed E-state index contributed by atoms with van der Waals surface area (Å²) in [5.41, 5.74) is 1.20. The summed E-state index contributed by atoms with van der Waals surface area (Å²) in [6.45, 7) is 1.76. The molecule has 3 rings (SSSR count). The summed E-state index contributed by atoms with van der Waals surface area (Å²) < 4.78 is 6.51. The van der Waals surface area contributed by atoms with Crippen LogP contribution in [0, 0.1) is 6.92 Å². The van der Waals surface area contributed by atoms with E-state index in [9.17, 15) is 4.79 Å². The topological polar surface area (TPSA) is 72.4 Å². The number of fused-ring (bicyclic) bond motifs is 1. The fraction of sp³-hybridized carbons (Fsp3) is 0.0833. The summed E-state index contributed by atoms with van der Waals surface area (Å²) in [5.74, 6) is 0.710. The first-order chi connectivity index (χ1) is 8.72. The maximum absolute atomic E-state index is 11.9. The molecule has 3 aromatic heterocycles. The van der Waals surface area contributed by atoms with Crippen LogP contribution in [0.2, 0.25) is 0 Å². The molecule has 0 aliphatic carbocycles. The molecule has 3 aromatic rings. The highest BCUT2D eigenvalue weighted by Gasteiger charge is 2.12. The van der Waals surface area contributed by atoms with Crippen LogP contribution in [0.25, 0.3) is 5.52 Å². The Kier molecular flexibility index (Phi) is 2.33. The Balaban J connectivity index is 1.87. The maximum Gasteiger partial charge on any atom is 0.277 e. The van der Waals surface area contributed by atoms with Crippen molar-refractivity contribution in [3.05, 3.63) is 48.0 Å². The molecule has 0 fully saturated rings. The summed E-state index contributed by atoms with van der Waals surface area (Å²) >= 11 is 0. The van der Waals surface area contributed by atoms with E-state index in [1.165, 1.54) is 0 Å². The van der Waals surface area contributed by atoms with Crippen molar-refractivity contribution in [2.45, 2.75) is 6.92 Å². The first kappa shape index (κ1) is 10.5. The molecule has 6 heteroatoms. The van der Waals surface area contributed by atoms with Gasteiger partial charge in [-0.3, -0.25) is 4.79 Å². The Labute approximate surface area is 102 Å². The van der Waals surface area contributed by atoms with Gasteiger partial charge in [-0.1, -0.05) is 11.2 Å². The van der Waals surface area contributed by atoms with Crippen LogP contribution in [-0.4, -0.2) is 20.7 Å². The van der Waals surface area contributed by atoms with Crippen LogP contribution in [0.4, 0.5) is 5.82 Å². The van der Waals surface area contributed by atoms with Gasteiger partial charge in [0.25, 0.3) is 5.91 Å². The van der Waals surface area contributed by atoms with Crippen molar-refractivity contribution >= 4 is 17.2 Å². The number of rotatable bonds is 2. The fourth-order valence-corrected chi connectivity index (χ4v) is 1.65. The van der Waals surface area contributed by atoms with Gasteiger partial charge in [-0.2, -0.15) is 5.10 Å². The molecule has 6 nitrogen and oxygen atoms in total. The fourth-order valence-electron chi connectivity index (χ4n) is 1.65. The number of aromatic nitrogens is 3. The number of hydrogen-bond acceptors (Lipinski definition) is 4. The smallest absolute Gasteiger partial charge is 0.277 e. The zero-order valence-corrected chi connectivity index (χ0v) is 9.62. The summed E-state index contributed by atoms with van der Waals surface area (Å²) in [6, 6.07) is 8.97. The molecule has 0 spiro atoms. The van der Waals surface area contributed by atoms with Gasteiger partial charge in [0, 0.05) is 12.3 Å². The van der Waals surface area contributed by atoms with E-state index in [-0.39, 0.29) is 5.91 Å². The third kappa shape index (κ3) is 1.84. The Hall–Kier alpha value is -2.63. The quantitative estimate of drug-likeness (QED) is 0.744. The van der Waals surface area contributed by atoms with Crippen molar-refractivity contribution in [1.29, 1.82) is 0 Å². The lowest BCUT2D eigenvalue weighted by atomic mass is 10.3. The number of amides is 1. The van der Waals surface area contributed by atoms with Gasteiger partial charge in [-0.25, -0.2) is 4.52 Å². The average molecular weight is 242 g/mol. The van der Waals surface area contributed by atoms with E-state index < -0.39 is 0 Å². The second-order valence-corrected chi connectivity index (χ2v) is 3.88. The first-order valence-corrected chi connectivity index (χ1v) is 5.41. The van der Waals surface area contributed by atoms with Crippen molar-refractivity contribution in [3.8, 4) is 0 Å². The second kappa shape index (κ2) is 3.99. The number of anilines is 1. The number of hydrogen-bond donors (Lipinski definition) is 1. The zero-order valence-electron chi connectivity index (χ0n) is 9.62. The molecule has 0 radical (unpaired) electrons. The third-order valence-corrected chi connectivity index (χ3v) is 2.47. The highest BCUT2D eigenvalue weighted by Crippen LogP contribution is 2.10. The molecule has 1 N–H and O–H groups in total. The molecule has 1 amide bonds. The predicted molar refractivity (Wildman–Crippen MR) is 64.4 cm³/mol. The summed E-state index contributed by atoms with van der Waals surface area (Å²) in [7, 11) is 0. The van der Waals surface area contributed by atoms with Gasteiger partial charge < -0.3 is 9.84 Å². The maximum atomic E-state index is 11.9. The van der Waals surface area contributed by atoms with Gasteiger partial charge in [-0.05, 0) is 25.1 Å². The molecule has 18 heavy (non-hydrogen) atoms. The van der Waals surface area contributed by atoms with E-state index in [1.54, 1.807) is 29.8 Å². The van der Waals surface area contributed by atoms with Crippen LogP contribution < -0.4 is 5.32 Å². The number of aryl methyl sites for hydroxylation is 1. The van der Waals surface area contributed by atoms with Crippen LogP contribution in [0.1, 0.15) is 16.2 Å². The molecular weight excluding hydrogens is 232 g/mol. The SMILES string of the molecule is Cc1cc(NC(=O)c2cc3ccccn3n2)no1. The molecule has 90 valence electrons. The molecule has 0 aromatic carbocycles. The van der Waals surface area contributed by atoms with E-state index in [0.29, 0.717) is 17.3 Å². The molecule has 0 bridgehead atoms. The molecule has 0 saturated carbocycles. The van der Waals surface area contributed by atoms with Gasteiger partial charge in [-0.15, -0.1) is 0 Å². The van der Waals surface area contributed by atoms with Gasteiger partial charge >= 0.3 is 0 Å². The van der Waals surface area contributed by atoms with Crippen LogP contribution in [0.15, 0.2) is 41.1 Å². The predicted octanol–water partition coefficient (Wildman–Crippen LogP) is 1.88. The van der Waals surface area contributed by atoms with Gasteiger partial charge in [0.1, 0.15) is 5.76 Å². The van der Waals surface area contributed by atoms with Gasteiger partial charge in [0.05, 0.1) is 5.52 Å². The lowest BCUT2D eigenvalue weighted by Gasteiger charge is -1.95. The molecule has 0 unspecified atom stereocenters. The molecule has 0 saturated heterocycles. The largest absolute Gasteiger partial charge is 0.360 e. The monoisotopic (exact) mass is 242 g/mol. The standard InChI is InChI=1S/C12H10N4O2/c1-8-6-11(15-18-8)13-12(17)10-7-9-4-2-3-5-16(9)14-10/h2-7H,1H3,(H,13,15,17). The Morgan fingerprint density at radius 3 is 3.00 bits per heavy atom. The van der Waals surface area contributed by atoms with E-state index in [2.05, 4.69) is 15.6 Å². The summed E-state index contributed by atoms with van der Waals surface area (Å²) in [6.07, 6.45) is 1.78. The molecule has 3 heterocycles. The molecule has 0 aliphatic heterocycles. The number of carbonyl (C=O) groups is 1. The number of carbonyl (C=O) groups excluding carboxylic acids is 1. The summed E-state index contributed by atoms with van der Waals surface area (Å²) in [5, 5.41) is 10.5. The number of nitrogens with one attached hydrogen (secondary N) is 1. The minimum absolute atomic E-state index is 0.313. The highest BCUT2D eigenvalue weighted by molar-refractivity contribution is 6.03. The van der Waals surface area contributed by atoms with Crippen LogP contribution in [-0.2, 0) is 0 Å². The Morgan fingerprint density at radius 1 is 1.39 bits per heavy atom. The lowest BCUT2D eigenvalue weighted by Crippen LogP contribution is -2.12. The van der Waals surface area contributed by atoms with Gasteiger partial charge in [0.15, 0.2) is 11.5 Å². The average Bonchev–Trinajstić information content (AvgIpc) is 2.95. The lowest BCUT2D eigenvalue weighted by molar-refractivity contribution is 0.102. The highest BCUT2D eigenvalue weighted by atomic mass is 16.5. The van der Waals surface area contributed by atoms with Crippen LogP contribution in [0.5, 0.6) is 0 Å².